The number of furan rings is 1. The first-order valence-electron chi connectivity index (χ1n) is 8.16. The second-order valence-corrected chi connectivity index (χ2v) is 5.84. The molecule has 1 aromatic heterocycles. The van der Waals surface area contributed by atoms with Gasteiger partial charge in [-0.3, -0.25) is 0 Å². The highest BCUT2D eigenvalue weighted by atomic mass is 16.3. The molecule has 108 valence electrons. The maximum absolute atomic E-state index is 5.66. The smallest absolute Gasteiger partial charge is 0.108 e. The summed E-state index contributed by atoms with van der Waals surface area (Å²) < 4.78 is 5.66. The van der Waals surface area contributed by atoms with Gasteiger partial charge in [0.1, 0.15) is 5.76 Å². The molecule has 0 saturated heterocycles. The van der Waals surface area contributed by atoms with Crippen LogP contribution in [0, 0.1) is 5.92 Å². The maximum Gasteiger partial charge on any atom is 0.108 e. The van der Waals surface area contributed by atoms with Crippen LogP contribution in [0.4, 0.5) is 0 Å². The van der Waals surface area contributed by atoms with E-state index < -0.39 is 0 Å². The largest absolute Gasteiger partial charge is 0.469 e. The van der Waals surface area contributed by atoms with Gasteiger partial charge in [-0.1, -0.05) is 39.5 Å². The number of aryl methyl sites for hydroxylation is 1. The Morgan fingerprint density at radius 3 is 2.58 bits per heavy atom. The van der Waals surface area contributed by atoms with E-state index in [4.69, 9.17) is 4.42 Å². The average Bonchev–Trinajstić information content (AvgIpc) is 2.74. The lowest BCUT2D eigenvalue weighted by Gasteiger charge is -2.27. The van der Waals surface area contributed by atoms with Crippen molar-refractivity contribution in [2.45, 2.75) is 71.3 Å². The van der Waals surface area contributed by atoms with E-state index in [1.165, 1.54) is 56.3 Å². The highest BCUT2D eigenvalue weighted by Gasteiger charge is 2.26. The minimum atomic E-state index is 0.506. The Morgan fingerprint density at radius 1 is 1.21 bits per heavy atom. The van der Waals surface area contributed by atoms with Crippen LogP contribution >= 0.6 is 0 Å². The average molecular weight is 263 g/mol. The van der Waals surface area contributed by atoms with Gasteiger partial charge < -0.3 is 9.73 Å². The van der Waals surface area contributed by atoms with Crippen molar-refractivity contribution in [1.82, 2.24) is 5.32 Å². The molecule has 1 saturated carbocycles. The number of nitrogens with one attached hydrogen (secondary N) is 1. The molecule has 1 atom stereocenters. The van der Waals surface area contributed by atoms with E-state index in [2.05, 4.69) is 25.2 Å². The molecule has 0 radical (unpaired) electrons. The lowest BCUT2D eigenvalue weighted by molar-refractivity contribution is 0.321. The van der Waals surface area contributed by atoms with Crippen molar-refractivity contribution >= 4 is 0 Å². The molecule has 1 aliphatic carbocycles. The summed E-state index contributed by atoms with van der Waals surface area (Å²) in [6, 6.07) is 2.70. The van der Waals surface area contributed by atoms with Crippen LogP contribution in [-0.2, 0) is 6.42 Å². The van der Waals surface area contributed by atoms with Gasteiger partial charge in [0, 0.05) is 18.0 Å². The van der Waals surface area contributed by atoms with Gasteiger partial charge in [0.25, 0.3) is 0 Å². The van der Waals surface area contributed by atoms with Crippen LogP contribution < -0.4 is 5.32 Å². The second kappa shape index (κ2) is 7.74. The molecule has 0 bridgehead atoms. The van der Waals surface area contributed by atoms with Crippen LogP contribution in [0.15, 0.2) is 16.7 Å². The molecule has 19 heavy (non-hydrogen) atoms. The molecule has 1 aliphatic rings. The van der Waals surface area contributed by atoms with E-state index in [0.717, 1.165) is 18.9 Å². The van der Waals surface area contributed by atoms with Crippen molar-refractivity contribution in [3.05, 3.63) is 23.7 Å². The monoisotopic (exact) mass is 263 g/mol. The van der Waals surface area contributed by atoms with Gasteiger partial charge >= 0.3 is 0 Å². The van der Waals surface area contributed by atoms with Gasteiger partial charge in [-0.15, -0.1) is 0 Å². The molecule has 0 amide bonds. The molecule has 2 rings (SSSR count). The summed E-state index contributed by atoms with van der Waals surface area (Å²) in [5.74, 6) is 1.97. The normalized spacial score (nSPS) is 19.3. The summed E-state index contributed by atoms with van der Waals surface area (Å²) in [4.78, 5) is 0. The Kier molecular flexibility index (Phi) is 5.96. The van der Waals surface area contributed by atoms with Gasteiger partial charge in [0.15, 0.2) is 0 Å². The molecule has 2 heteroatoms. The van der Waals surface area contributed by atoms with Crippen LogP contribution in [0.5, 0.6) is 0 Å². The van der Waals surface area contributed by atoms with E-state index in [-0.39, 0.29) is 0 Å². The molecule has 1 aromatic rings. The van der Waals surface area contributed by atoms with Crippen molar-refractivity contribution in [2.75, 3.05) is 6.54 Å². The van der Waals surface area contributed by atoms with Crippen molar-refractivity contribution in [2.24, 2.45) is 5.92 Å². The fourth-order valence-electron chi connectivity index (χ4n) is 3.39. The minimum Gasteiger partial charge on any atom is -0.469 e. The highest BCUT2D eigenvalue weighted by molar-refractivity contribution is 5.22. The second-order valence-electron chi connectivity index (χ2n) is 5.84. The number of hydrogen-bond acceptors (Lipinski definition) is 2. The van der Waals surface area contributed by atoms with Gasteiger partial charge in [-0.2, -0.15) is 0 Å². The fourth-order valence-corrected chi connectivity index (χ4v) is 3.39. The van der Waals surface area contributed by atoms with Crippen molar-refractivity contribution in [3.8, 4) is 0 Å². The van der Waals surface area contributed by atoms with Gasteiger partial charge in [-0.25, -0.2) is 0 Å². The molecular formula is C17H29NO. The van der Waals surface area contributed by atoms with E-state index in [0.29, 0.717) is 6.04 Å². The molecule has 1 unspecified atom stereocenters. The zero-order valence-corrected chi connectivity index (χ0v) is 12.6. The first-order valence-corrected chi connectivity index (χ1v) is 8.16. The highest BCUT2D eigenvalue weighted by Crippen LogP contribution is 2.35. The molecule has 0 spiro atoms. The third kappa shape index (κ3) is 3.85. The first kappa shape index (κ1) is 14.6. The van der Waals surface area contributed by atoms with Crippen molar-refractivity contribution in [1.29, 1.82) is 0 Å². The summed E-state index contributed by atoms with van der Waals surface area (Å²) in [5, 5.41) is 3.78. The fraction of sp³-hybridized carbons (Fsp3) is 0.765. The van der Waals surface area contributed by atoms with Gasteiger partial charge in [0.05, 0.1) is 6.26 Å². The Hall–Kier alpha value is -0.760. The zero-order chi connectivity index (χ0) is 13.5. The predicted molar refractivity (Wildman–Crippen MR) is 80.3 cm³/mol. The SMILES string of the molecule is CCCNC(c1ccoc1CC)C1CCCCCC1. The van der Waals surface area contributed by atoms with E-state index in [1.54, 1.807) is 0 Å². The van der Waals surface area contributed by atoms with Crippen LogP contribution in [-0.4, -0.2) is 6.54 Å². The minimum absolute atomic E-state index is 0.506. The third-order valence-electron chi connectivity index (χ3n) is 4.42. The molecule has 1 N–H and O–H groups in total. The number of rotatable bonds is 6. The summed E-state index contributed by atoms with van der Waals surface area (Å²) in [7, 11) is 0. The standard InChI is InChI=1S/C17H29NO/c1-3-12-18-17(14-9-7-5-6-8-10-14)15-11-13-19-16(15)4-2/h11,13-14,17-18H,3-10,12H2,1-2H3. The maximum atomic E-state index is 5.66. The summed E-state index contributed by atoms with van der Waals surface area (Å²) in [5.41, 5.74) is 1.42. The van der Waals surface area contributed by atoms with Crippen LogP contribution in [0.2, 0.25) is 0 Å². The Labute approximate surface area is 118 Å². The Bertz CT molecular complexity index is 350. The third-order valence-corrected chi connectivity index (χ3v) is 4.42. The topological polar surface area (TPSA) is 25.2 Å². The molecule has 1 heterocycles. The molecule has 0 aliphatic heterocycles. The summed E-state index contributed by atoms with van der Waals surface area (Å²) in [6.45, 7) is 5.54. The molecule has 1 fully saturated rings. The van der Waals surface area contributed by atoms with Crippen LogP contribution in [0.25, 0.3) is 0 Å². The Balaban J connectivity index is 2.14. The lowest BCUT2D eigenvalue weighted by atomic mass is 9.87. The van der Waals surface area contributed by atoms with Gasteiger partial charge in [-0.05, 0) is 37.8 Å². The summed E-state index contributed by atoms with van der Waals surface area (Å²) >= 11 is 0. The molecule has 2 nitrogen and oxygen atoms in total. The van der Waals surface area contributed by atoms with Crippen molar-refractivity contribution in [3.63, 3.8) is 0 Å². The van der Waals surface area contributed by atoms with E-state index in [1.807, 2.05) is 6.26 Å². The Morgan fingerprint density at radius 2 is 1.95 bits per heavy atom. The van der Waals surface area contributed by atoms with Crippen molar-refractivity contribution < 1.29 is 4.42 Å². The lowest BCUT2D eigenvalue weighted by Crippen LogP contribution is -2.29. The molecule has 0 aromatic carbocycles. The predicted octanol–water partition coefficient (Wildman–Crippen LogP) is 4.85. The summed E-state index contributed by atoms with van der Waals surface area (Å²) in [6.07, 6.45) is 12.4. The number of hydrogen-bond donors (Lipinski definition) is 1. The zero-order valence-electron chi connectivity index (χ0n) is 12.6. The van der Waals surface area contributed by atoms with Gasteiger partial charge in [0.2, 0.25) is 0 Å². The van der Waals surface area contributed by atoms with E-state index >= 15 is 0 Å². The van der Waals surface area contributed by atoms with Crippen LogP contribution in [0.1, 0.15) is 76.2 Å². The van der Waals surface area contributed by atoms with Crippen LogP contribution in [0.3, 0.4) is 0 Å². The first-order chi connectivity index (χ1) is 9.36. The quantitative estimate of drug-likeness (QED) is 0.742. The molecular weight excluding hydrogens is 234 g/mol. The van der Waals surface area contributed by atoms with E-state index in [9.17, 15) is 0 Å².